The maximum absolute atomic E-state index is 9.93. The van der Waals surface area contributed by atoms with E-state index in [2.05, 4.69) is 15.5 Å². The van der Waals surface area contributed by atoms with E-state index in [9.17, 15) is 5.11 Å². The van der Waals surface area contributed by atoms with Crippen molar-refractivity contribution in [3.05, 3.63) is 53.3 Å². The van der Waals surface area contributed by atoms with Gasteiger partial charge in [-0.25, -0.2) is 0 Å². The van der Waals surface area contributed by atoms with E-state index in [0.717, 1.165) is 16.8 Å². The highest BCUT2D eigenvalue weighted by atomic mass is 16.5. The molecule has 0 amide bonds. The first kappa shape index (κ1) is 15.7. The molecule has 21 heavy (non-hydrogen) atoms. The van der Waals surface area contributed by atoms with Crippen molar-refractivity contribution in [3.63, 3.8) is 0 Å². The van der Waals surface area contributed by atoms with Crippen molar-refractivity contribution in [1.29, 1.82) is 0 Å². The number of ether oxygens (including phenoxy) is 1. The van der Waals surface area contributed by atoms with Crippen LogP contribution in [-0.2, 0) is 11.3 Å². The molecule has 3 N–H and O–H groups in total. The van der Waals surface area contributed by atoms with Crippen molar-refractivity contribution in [2.24, 2.45) is 0 Å². The Bertz CT molecular complexity index is 527. The molecule has 0 aliphatic heterocycles. The highest BCUT2D eigenvalue weighted by Gasteiger charge is 2.10. The third-order valence-corrected chi connectivity index (χ3v) is 3.44. The van der Waals surface area contributed by atoms with Crippen molar-refractivity contribution in [3.8, 4) is 0 Å². The number of rotatable bonds is 8. The SMILES string of the molecule is Cc1[nH]ncc1CNC[C@H](O)CO[C@H](C)c1ccccc1. The average Bonchev–Trinajstić information content (AvgIpc) is 2.91. The molecular formula is C16H23N3O2. The molecule has 2 atom stereocenters. The summed E-state index contributed by atoms with van der Waals surface area (Å²) < 4.78 is 5.69. The maximum Gasteiger partial charge on any atom is 0.0898 e. The molecule has 1 aromatic carbocycles. The van der Waals surface area contributed by atoms with Gasteiger partial charge in [-0.05, 0) is 19.4 Å². The predicted molar refractivity (Wildman–Crippen MR) is 81.8 cm³/mol. The average molecular weight is 289 g/mol. The summed E-state index contributed by atoms with van der Waals surface area (Å²) >= 11 is 0. The van der Waals surface area contributed by atoms with Crippen LogP contribution in [0.3, 0.4) is 0 Å². The Morgan fingerprint density at radius 2 is 2.10 bits per heavy atom. The molecule has 114 valence electrons. The van der Waals surface area contributed by atoms with Crippen molar-refractivity contribution < 1.29 is 9.84 Å². The lowest BCUT2D eigenvalue weighted by atomic mass is 10.1. The largest absolute Gasteiger partial charge is 0.389 e. The molecule has 0 saturated heterocycles. The highest BCUT2D eigenvalue weighted by molar-refractivity contribution is 5.16. The summed E-state index contributed by atoms with van der Waals surface area (Å²) in [5.74, 6) is 0. The lowest BCUT2D eigenvalue weighted by Gasteiger charge is -2.17. The quantitative estimate of drug-likeness (QED) is 0.694. The third kappa shape index (κ3) is 4.97. The van der Waals surface area contributed by atoms with E-state index in [1.54, 1.807) is 6.20 Å². The van der Waals surface area contributed by atoms with E-state index < -0.39 is 6.10 Å². The number of aromatic nitrogens is 2. The zero-order valence-corrected chi connectivity index (χ0v) is 12.5. The molecule has 1 aromatic heterocycles. The second kappa shape index (κ2) is 7.93. The summed E-state index contributed by atoms with van der Waals surface area (Å²) in [5.41, 5.74) is 3.28. The van der Waals surface area contributed by atoms with Gasteiger partial charge in [0.15, 0.2) is 0 Å². The number of aryl methyl sites for hydroxylation is 1. The second-order valence-electron chi connectivity index (χ2n) is 5.19. The Balaban J connectivity index is 1.65. The topological polar surface area (TPSA) is 70.2 Å². The zero-order chi connectivity index (χ0) is 15.1. The van der Waals surface area contributed by atoms with Crippen LogP contribution in [0.4, 0.5) is 0 Å². The Labute approximate surface area is 125 Å². The molecule has 0 radical (unpaired) electrons. The number of hydrogen-bond acceptors (Lipinski definition) is 4. The van der Waals surface area contributed by atoms with Gasteiger partial charge in [0.25, 0.3) is 0 Å². The van der Waals surface area contributed by atoms with Crippen molar-refractivity contribution >= 4 is 0 Å². The first-order valence-electron chi connectivity index (χ1n) is 7.21. The van der Waals surface area contributed by atoms with Crippen molar-refractivity contribution in [2.45, 2.75) is 32.6 Å². The van der Waals surface area contributed by atoms with Crippen molar-refractivity contribution in [1.82, 2.24) is 15.5 Å². The molecule has 1 heterocycles. The summed E-state index contributed by atoms with van der Waals surface area (Å²) in [6, 6.07) is 10.0. The van der Waals surface area contributed by atoms with E-state index in [1.807, 2.05) is 44.2 Å². The van der Waals surface area contributed by atoms with Gasteiger partial charge in [0.1, 0.15) is 0 Å². The minimum absolute atomic E-state index is 0.0167. The van der Waals surface area contributed by atoms with Gasteiger partial charge in [-0.2, -0.15) is 5.10 Å². The third-order valence-electron chi connectivity index (χ3n) is 3.44. The summed E-state index contributed by atoms with van der Waals surface area (Å²) in [5, 5.41) is 20.0. The van der Waals surface area contributed by atoms with Crippen LogP contribution < -0.4 is 5.32 Å². The van der Waals surface area contributed by atoms with Crippen LogP contribution in [0.25, 0.3) is 0 Å². The number of H-pyrrole nitrogens is 1. The molecule has 5 nitrogen and oxygen atoms in total. The number of hydrogen-bond donors (Lipinski definition) is 3. The van der Waals surface area contributed by atoms with Gasteiger partial charge in [0.2, 0.25) is 0 Å². The van der Waals surface area contributed by atoms with Crippen LogP contribution in [0.1, 0.15) is 29.8 Å². The molecule has 2 aromatic rings. The number of benzene rings is 1. The van der Waals surface area contributed by atoms with Crippen LogP contribution in [0, 0.1) is 6.92 Å². The van der Waals surface area contributed by atoms with Crippen LogP contribution in [0.5, 0.6) is 0 Å². The normalized spacial score (nSPS) is 14.0. The van der Waals surface area contributed by atoms with Gasteiger partial charge in [-0.3, -0.25) is 5.10 Å². The first-order valence-corrected chi connectivity index (χ1v) is 7.21. The minimum atomic E-state index is -0.525. The first-order chi connectivity index (χ1) is 10.2. The van der Waals surface area contributed by atoms with Crippen LogP contribution >= 0.6 is 0 Å². The van der Waals surface area contributed by atoms with Crippen LogP contribution in [0.15, 0.2) is 36.5 Å². The van der Waals surface area contributed by atoms with Gasteiger partial charge in [-0.1, -0.05) is 30.3 Å². The molecule has 0 aliphatic rings. The molecule has 0 aliphatic carbocycles. The van der Waals surface area contributed by atoms with E-state index in [4.69, 9.17) is 4.74 Å². The summed E-state index contributed by atoms with van der Waals surface area (Å²) in [6.07, 6.45) is 1.25. The smallest absolute Gasteiger partial charge is 0.0898 e. The highest BCUT2D eigenvalue weighted by Crippen LogP contribution is 2.15. The van der Waals surface area contributed by atoms with Gasteiger partial charge in [0, 0.05) is 24.3 Å². The number of nitrogens with one attached hydrogen (secondary N) is 2. The fraction of sp³-hybridized carbons (Fsp3) is 0.438. The minimum Gasteiger partial charge on any atom is -0.389 e. The predicted octanol–water partition coefficient (Wildman–Crippen LogP) is 1.95. The molecule has 2 rings (SSSR count). The van der Waals surface area contributed by atoms with Crippen molar-refractivity contribution in [2.75, 3.05) is 13.2 Å². The number of nitrogens with zero attached hydrogens (tertiary/aromatic N) is 1. The molecule has 0 bridgehead atoms. The van der Waals surface area contributed by atoms with E-state index in [0.29, 0.717) is 19.7 Å². The van der Waals surface area contributed by atoms with E-state index in [-0.39, 0.29) is 6.10 Å². The molecule has 0 spiro atoms. The lowest BCUT2D eigenvalue weighted by molar-refractivity contribution is -0.00212. The van der Waals surface area contributed by atoms with Crippen LogP contribution in [0.2, 0.25) is 0 Å². The molecular weight excluding hydrogens is 266 g/mol. The number of aliphatic hydroxyl groups excluding tert-OH is 1. The Morgan fingerprint density at radius 1 is 1.33 bits per heavy atom. The monoisotopic (exact) mass is 289 g/mol. The molecule has 0 saturated carbocycles. The number of aliphatic hydroxyl groups is 1. The number of aromatic amines is 1. The van der Waals surface area contributed by atoms with Crippen LogP contribution in [-0.4, -0.2) is 34.6 Å². The molecule has 5 heteroatoms. The zero-order valence-electron chi connectivity index (χ0n) is 12.5. The summed E-state index contributed by atoms with van der Waals surface area (Å²) in [7, 11) is 0. The maximum atomic E-state index is 9.93. The van der Waals surface area contributed by atoms with Gasteiger partial charge < -0.3 is 15.2 Å². The Morgan fingerprint density at radius 3 is 2.76 bits per heavy atom. The lowest BCUT2D eigenvalue weighted by Crippen LogP contribution is -2.30. The summed E-state index contributed by atoms with van der Waals surface area (Å²) in [6.45, 7) is 5.46. The fourth-order valence-corrected chi connectivity index (χ4v) is 2.06. The van der Waals surface area contributed by atoms with E-state index in [1.165, 1.54) is 0 Å². The van der Waals surface area contributed by atoms with Gasteiger partial charge in [-0.15, -0.1) is 0 Å². The molecule has 0 fully saturated rings. The summed E-state index contributed by atoms with van der Waals surface area (Å²) in [4.78, 5) is 0. The Kier molecular flexibility index (Phi) is 5.92. The fourth-order valence-electron chi connectivity index (χ4n) is 2.06. The second-order valence-corrected chi connectivity index (χ2v) is 5.19. The van der Waals surface area contributed by atoms with Gasteiger partial charge >= 0.3 is 0 Å². The van der Waals surface area contributed by atoms with Gasteiger partial charge in [0.05, 0.1) is 25.0 Å². The van der Waals surface area contributed by atoms with E-state index >= 15 is 0 Å². The standard InChI is InChI=1S/C16H23N3O2/c1-12-15(9-18-19-12)8-17-10-16(20)11-21-13(2)14-6-4-3-5-7-14/h3-7,9,13,16-17,20H,8,10-11H2,1-2H3,(H,18,19)/t13-,16+/m1/s1. The Hall–Kier alpha value is -1.69. The molecule has 0 unspecified atom stereocenters.